The lowest BCUT2D eigenvalue weighted by molar-refractivity contribution is -0.131. The van der Waals surface area contributed by atoms with E-state index in [0.717, 1.165) is 12.8 Å². The molecule has 1 unspecified atom stereocenters. The molecule has 1 saturated heterocycles. The molecule has 1 N–H and O–H groups in total. The highest BCUT2D eigenvalue weighted by Crippen LogP contribution is 2.43. The van der Waals surface area contributed by atoms with E-state index >= 15 is 0 Å². The summed E-state index contributed by atoms with van der Waals surface area (Å²) < 4.78 is 11.2. The highest BCUT2D eigenvalue weighted by Gasteiger charge is 2.53. The summed E-state index contributed by atoms with van der Waals surface area (Å²) in [5.74, 6) is 0.357. The van der Waals surface area contributed by atoms with Crippen molar-refractivity contribution in [1.82, 2.24) is 5.32 Å². The predicted octanol–water partition coefficient (Wildman–Crippen LogP) is 2.23. The number of hydrogen-bond acceptors (Lipinski definition) is 7. The van der Waals surface area contributed by atoms with Crippen LogP contribution in [0.4, 0.5) is 4.79 Å². The van der Waals surface area contributed by atoms with Crippen LogP contribution in [0.1, 0.15) is 46.5 Å². The largest absolute Gasteiger partial charge is 0.444 e. The molecule has 0 bridgehead atoms. The van der Waals surface area contributed by atoms with Crippen molar-refractivity contribution >= 4 is 18.1 Å². The Kier molecular flexibility index (Phi) is 4.42. The smallest absolute Gasteiger partial charge is 0.407 e. The molecule has 2 fully saturated rings. The van der Waals surface area contributed by atoms with Crippen molar-refractivity contribution in [2.45, 2.75) is 69.7 Å². The molecule has 0 aromatic rings. The first-order valence-electron chi connectivity index (χ1n) is 8.38. The number of hydrogen-bond donors (Lipinski definition) is 1. The number of ether oxygens (including phenoxy) is 2. The number of carbonyl (C=O) groups is 2. The molecule has 1 saturated carbocycles. The van der Waals surface area contributed by atoms with Crippen molar-refractivity contribution in [1.29, 1.82) is 0 Å². The standard InChI is InChI=1S/C16H24N4O4/c1-15(2,3)24-14(22)18-11-4-5-13(23-8-11)16(9-17-20-19-16)10-6-12(21)7-10/h9-11,13H,4-8H2,1-3H3,(H,18,22)/t11-,13+,16?/m1/s1. The van der Waals surface area contributed by atoms with E-state index < -0.39 is 17.2 Å². The Morgan fingerprint density at radius 3 is 2.62 bits per heavy atom. The Morgan fingerprint density at radius 2 is 2.12 bits per heavy atom. The summed E-state index contributed by atoms with van der Waals surface area (Å²) in [4.78, 5) is 23.2. The third kappa shape index (κ3) is 3.48. The van der Waals surface area contributed by atoms with E-state index in [9.17, 15) is 9.59 Å². The maximum atomic E-state index is 11.8. The van der Waals surface area contributed by atoms with Gasteiger partial charge in [0.2, 0.25) is 0 Å². The van der Waals surface area contributed by atoms with Crippen LogP contribution in [0.2, 0.25) is 0 Å². The third-order valence-corrected chi connectivity index (χ3v) is 4.65. The number of carbonyl (C=O) groups excluding carboxylic acids is 2. The fraction of sp³-hybridized carbons (Fsp3) is 0.812. The van der Waals surface area contributed by atoms with E-state index in [1.165, 1.54) is 0 Å². The van der Waals surface area contributed by atoms with E-state index in [1.54, 1.807) is 6.21 Å². The van der Waals surface area contributed by atoms with Crippen LogP contribution in [0.3, 0.4) is 0 Å². The van der Waals surface area contributed by atoms with E-state index in [4.69, 9.17) is 9.47 Å². The minimum absolute atomic E-state index is 0.0912. The molecule has 0 spiro atoms. The minimum atomic E-state index is -0.620. The Hall–Kier alpha value is -1.83. The first-order chi connectivity index (χ1) is 11.3. The van der Waals surface area contributed by atoms with Crippen molar-refractivity contribution in [3.8, 4) is 0 Å². The van der Waals surface area contributed by atoms with Gasteiger partial charge < -0.3 is 14.8 Å². The van der Waals surface area contributed by atoms with Crippen LogP contribution in [-0.2, 0) is 14.3 Å². The number of amides is 1. The molecule has 8 nitrogen and oxygen atoms in total. The van der Waals surface area contributed by atoms with Crippen LogP contribution in [0.5, 0.6) is 0 Å². The van der Waals surface area contributed by atoms with Crippen LogP contribution < -0.4 is 5.32 Å². The zero-order valence-corrected chi connectivity index (χ0v) is 14.3. The fourth-order valence-corrected chi connectivity index (χ4v) is 3.37. The molecule has 24 heavy (non-hydrogen) atoms. The van der Waals surface area contributed by atoms with Gasteiger partial charge in [-0.3, -0.25) is 4.79 Å². The molecule has 3 rings (SSSR count). The summed E-state index contributed by atoms with van der Waals surface area (Å²) in [5, 5.41) is 14.8. The summed E-state index contributed by atoms with van der Waals surface area (Å²) in [7, 11) is 0. The van der Waals surface area contributed by atoms with Crippen molar-refractivity contribution in [3.05, 3.63) is 0 Å². The summed E-state index contributed by atoms with van der Waals surface area (Å²) >= 11 is 0. The van der Waals surface area contributed by atoms with Crippen LogP contribution in [0.25, 0.3) is 0 Å². The van der Waals surface area contributed by atoms with Crippen molar-refractivity contribution in [2.75, 3.05) is 6.61 Å². The molecule has 1 aliphatic carbocycles. The van der Waals surface area contributed by atoms with Crippen LogP contribution in [-0.4, -0.2) is 48.0 Å². The lowest BCUT2D eigenvalue weighted by Gasteiger charge is -2.43. The molecule has 2 heterocycles. The number of alkyl carbamates (subject to hydrolysis) is 1. The second-order valence-electron chi connectivity index (χ2n) is 7.71. The number of nitrogens with one attached hydrogen (secondary N) is 1. The molecule has 8 heteroatoms. The third-order valence-electron chi connectivity index (χ3n) is 4.65. The molecule has 2 aliphatic heterocycles. The molecule has 3 aliphatic rings. The van der Waals surface area contributed by atoms with Gasteiger partial charge in [0.1, 0.15) is 11.4 Å². The molecule has 0 aromatic heterocycles. The fourth-order valence-electron chi connectivity index (χ4n) is 3.37. The monoisotopic (exact) mass is 336 g/mol. The maximum Gasteiger partial charge on any atom is 0.407 e. The summed E-state index contributed by atoms with van der Waals surface area (Å²) in [5.41, 5.74) is -1.14. The molecule has 0 aromatic carbocycles. The van der Waals surface area contributed by atoms with Crippen molar-refractivity contribution in [2.24, 2.45) is 21.4 Å². The molecular weight excluding hydrogens is 312 g/mol. The van der Waals surface area contributed by atoms with E-state index in [-0.39, 0.29) is 23.8 Å². The normalized spacial score (nSPS) is 33.4. The average molecular weight is 336 g/mol. The van der Waals surface area contributed by atoms with Gasteiger partial charge in [-0.25, -0.2) is 4.79 Å². The van der Waals surface area contributed by atoms with Gasteiger partial charge in [-0.05, 0) is 38.8 Å². The molecule has 132 valence electrons. The van der Waals surface area contributed by atoms with E-state index in [1.807, 2.05) is 20.8 Å². The highest BCUT2D eigenvalue weighted by atomic mass is 16.6. The van der Waals surface area contributed by atoms with Crippen molar-refractivity contribution in [3.63, 3.8) is 0 Å². The van der Waals surface area contributed by atoms with Gasteiger partial charge >= 0.3 is 6.09 Å². The second-order valence-corrected chi connectivity index (χ2v) is 7.71. The van der Waals surface area contributed by atoms with Crippen molar-refractivity contribution < 1.29 is 19.1 Å². The van der Waals surface area contributed by atoms with Gasteiger partial charge in [0.05, 0.1) is 25.0 Å². The highest BCUT2D eigenvalue weighted by molar-refractivity contribution is 5.88. The first-order valence-corrected chi connectivity index (χ1v) is 8.38. The van der Waals surface area contributed by atoms with Crippen LogP contribution in [0, 0.1) is 5.92 Å². The Bertz CT molecular complexity index is 553. The second kappa shape index (κ2) is 6.23. The number of ketones is 1. The van der Waals surface area contributed by atoms with Gasteiger partial charge in [0.25, 0.3) is 0 Å². The lowest BCUT2D eigenvalue weighted by Crippen LogP contribution is -2.56. The average Bonchev–Trinajstić information content (AvgIpc) is 2.93. The maximum absolute atomic E-state index is 11.8. The molecular formula is C16H24N4O4. The minimum Gasteiger partial charge on any atom is -0.444 e. The van der Waals surface area contributed by atoms with Crippen LogP contribution >= 0.6 is 0 Å². The Labute approximate surface area is 141 Å². The Balaban J connectivity index is 1.55. The van der Waals surface area contributed by atoms with Crippen LogP contribution in [0.15, 0.2) is 15.4 Å². The van der Waals surface area contributed by atoms with Gasteiger partial charge in [0, 0.05) is 18.8 Å². The first kappa shape index (κ1) is 17.0. The summed E-state index contributed by atoms with van der Waals surface area (Å²) in [6, 6.07) is -0.0912. The number of rotatable bonds is 3. The van der Waals surface area contributed by atoms with Gasteiger partial charge in [-0.15, -0.1) is 5.10 Å². The van der Waals surface area contributed by atoms with E-state index in [2.05, 4.69) is 20.8 Å². The zero-order valence-electron chi connectivity index (χ0n) is 14.3. The van der Waals surface area contributed by atoms with Gasteiger partial charge in [-0.1, -0.05) is 0 Å². The number of Topliss-reactive ketones (excluding diaryl/α,β-unsaturated/α-hetero) is 1. The SMILES string of the molecule is CC(C)(C)OC(=O)N[C@@H]1CC[C@@H](C2(C3CC(=O)C3)C=NN=N2)OC1. The number of nitrogens with zero attached hydrogens (tertiary/aromatic N) is 3. The topological polar surface area (TPSA) is 102 Å². The molecule has 1 amide bonds. The predicted molar refractivity (Wildman–Crippen MR) is 85.9 cm³/mol. The lowest BCUT2D eigenvalue weighted by atomic mass is 9.67. The van der Waals surface area contributed by atoms with Gasteiger partial charge in [-0.2, -0.15) is 5.11 Å². The van der Waals surface area contributed by atoms with E-state index in [0.29, 0.717) is 19.4 Å². The molecule has 0 radical (unpaired) electrons. The zero-order chi connectivity index (χ0) is 17.4. The Morgan fingerprint density at radius 1 is 1.38 bits per heavy atom. The molecule has 3 atom stereocenters. The summed E-state index contributed by atoms with van der Waals surface area (Å²) in [6.45, 7) is 5.87. The summed E-state index contributed by atoms with van der Waals surface area (Å²) in [6.07, 6.45) is 3.61. The van der Waals surface area contributed by atoms with Gasteiger partial charge in [0.15, 0.2) is 5.54 Å². The quantitative estimate of drug-likeness (QED) is 0.853.